The molecule has 4 rings (SSSR count). The third-order valence-electron chi connectivity index (χ3n) is 4.97. The number of ether oxygens (including phenoxy) is 1. The average Bonchev–Trinajstić information content (AvgIpc) is 3.17. The standard InChI is InChI=1S/C21H20N4O2/c1-27-19-7-5-15(6-8-19)12-24-13-18-11-23-14-25(18)20(21(24)26)17-4-2-3-16(9-17)10-22/h2-9,11,20,23H,12-14H2,1H3. The molecule has 1 fully saturated rings. The fraction of sp³-hybridized carbons (Fsp3) is 0.238. The van der Waals surface area contributed by atoms with Crippen molar-refractivity contribution in [3.8, 4) is 11.8 Å². The lowest BCUT2D eigenvalue weighted by atomic mass is 9.98. The van der Waals surface area contributed by atoms with Crippen molar-refractivity contribution in [1.82, 2.24) is 15.1 Å². The molecule has 6 heteroatoms. The van der Waals surface area contributed by atoms with E-state index < -0.39 is 6.04 Å². The van der Waals surface area contributed by atoms with Crippen molar-refractivity contribution in [3.63, 3.8) is 0 Å². The van der Waals surface area contributed by atoms with Gasteiger partial charge < -0.3 is 19.9 Å². The van der Waals surface area contributed by atoms with Crippen molar-refractivity contribution in [2.75, 3.05) is 20.3 Å². The first-order valence-electron chi connectivity index (χ1n) is 8.80. The summed E-state index contributed by atoms with van der Waals surface area (Å²) in [5, 5.41) is 12.4. The second kappa shape index (κ2) is 7.04. The van der Waals surface area contributed by atoms with Gasteiger partial charge in [-0.25, -0.2) is 0 Å². The lowest BCUT2D eigenvalue weighted by Crippen LogP contribution is -2.49. The van der Waals surface area contributed by atoms with Crippen LogP contribution in [0.3, 0.4) is 0 Å². The van der Waals surface area contributed by atoms with Gasteiger partial charge in [-0.15, -0.1) is 0 Å². The average molecular weight is 360 g/mol. The summed E-state index contributed by atoms with van der Waals surface area (Å²) >= 11 is 0. The van der Waals surface area contributed by atoms with E-state index in [-0.39, 0.29) is 5.91 Å². The SMILES string of the molecule is COc1ccc(CN2CC3=CNCN3C(c3cccc(C#N)c3)C2=O)cc1. The molecule has 1 saturated heterocycles. The molecule has 6 nitrogen and oxygen atoms in total. The Hall–Kier alpha value is -3.46. The molecule has 2 aromatic carbocycles. The van der Waals surface area contributed by atoms with Crippen molar-refractivity contribution < 1.29 is 9.53 Å². The van der Waals surface area contributed by atoms with Crippen LogP contribution in [0.4, 0.5) is 0 Å². The number of rotatable bonds is 4. The molecule has 1 unspecified atom stereocenters. The summed E-state index contributed by atoms with van der Waals surface area (Å²) in [6.45, 7) is 1.69. The van der Waals surface area contributed by atoms with E-state index in [2.05, 4.69) is 16.3 Å². The van der Waals surface area contributed by atoms with Crippen molar-refractivity contribution in [3.05, 3.63) is 77.1 Å². The number of carbonyl (C=O) groups excluding carboxylic acids is 1. The Bertz CT molecular complexity index is 930. The Morgan fingerprint density at radius 2 is 2.07 bits per heavy atom. The van der Waals surface area contributed by atoms with Gasteiger partial charge in [0.1, 0.15) is 11.8 Å². The predicted molar refractivity (Wildman–Crippen MR) is 100 cm³/mol. The topological polar surface area (TPSA) is 68.6 Å². The summed E-state index contributed by atoms with van der Waals surface area (Å²) in [6, 6.07) is 16.8. The van der Waals surface area contributed by atoms with Crippen LogP contribution in [0.5, 0.6) is 5.75 Å². The maximum atomic E-state index is 13.3. The van der Waals surface area contributed by atoms with Crippen LogP contribution in [0, 0.1) is 11.3 Å². The number of amides is 1. The first-order chi connectivity index (χ1) is 13.2. The van der Waals surface area contributed by atoms with Gasteiger partial charge in [0.25, 0.3) is 5.91 Å². The summed E-state index contributed by atoms with van der Waals surface area (Å²) in [7, 11) is 1.64. The van der Waals surface area contributed by atoms with Gasteiger partial charge in [0, 0.05) is 12.7 Å². The summed E-state index contributed by atoms with van der Waals surface area (Å²) in [6.07, 6.45) is 1.97. The quantitative estimate of drug-likeness (QED) is 0.906. The number of fused-ring (bicyclic) bond motifs is 1. The third-order valence-corrected chi connectivity index (χ3v) is 4.97. The highest BCUT2D eigenvalue weighted by Crippen LogP contribution is 2.34. The highest BCUT2D eigenvalue weighted by molar-refractivity contribution is 5.85. The number of nitrogens with one attached hydrogen (secondary N) is 1. The molecule has 1 atom stereocenters. The zero-order valence-corrected chi connectivity index (χ0v) is 15.1. The van der Waals surface area contributed by atoms with Crippen LogP contribution in [0.1, 0.15) is 22.7 Å². The minimum atomic E-state index is -0.424. The first-order valence-corrected chi connectivity index (χ1v) is 8.80. The van der Waals surface area contributed by atoms with Crippen LogP contribution >= 0.6 is 0 Å². The number of benzene rings is 2. The van der Waals surface area contributed by atoms with Crippen molar-refractivity contribution in [2.24, 2.45) is 0 Å². The third kappa shape index (κ3) is 3.20. The zero-order chi connectivity index (χ0) is 18.8. The summed E-state index contributed by atoms with van der Waals surface area (Å²) in [5.74, 6) is 0.838. The van der Waals surface area contributed by atoms with Crippen LogP contribution in [0.25, 0.3) is 0 Å². The van der Waals surface area contributed by atoms with Gasteiger partial charge in [0.05, 0.1) is 37.7 Å². The highest BCUT2D eigenvalue weighted by Gasteiger charge is 2.39. The van der Waals surface area contributed by atoms with Gasteiger partial charge in [-0.3, -0.25) is 4.79 Å². The second-order valence-electron chi connectivity index (χ2n) is 6.65. The smallest absolute Gasteiger partial charge is 0.250 e. The molecule has 27 heavy (non-hydrogen) atoms. The number of carbonyl (C=O) groups is 1. The Balaban J connectivity index is 1.63. The van der Waals surface area contributed by atoms with Gasteiger partial charge in [-0.05, 0) is 35.4 Å². The van der Waals surface area contributed by atoms with Crippen molar-refractivity contribution in [1.29, 1.82) is 5.26 Å². The number of nitriles is 1. The maximum Gasteiger partial charge on any atom is 0.250 e. The molecule has 1 N–H and O–H groups in total. The minimum absolute atomic E-state index is 0.0433. The lowest BCUT2D eigenvalue weighted by molar-refractivity contribution is -0.140. The molecule has 2 aromatic rings. The number of nitrogens with zero attached hydrogens (tertiary/aromatic N) is 3. The van der Waals surface area contributed by atoms with Crippen molar-refractivity contribution >= 4 is 5.91 Å². The van der Waals surface area contributed by atoms with Crippen LogP contribution in [-0.2, 0) is 11.3 Å². The molecule has 2 aliphatic rings. The van der Waals surface area contributed by atoms with Crippen LogP contribution < -0.4 is 10.1 Å². The Kier molecular flexibility index (Phi) is 4.43. The molecule has 2 heterocycles. The Morgan fingerprint density at radius 3 is 2.81 bits per heavy atom. The fourth-order valence-corrected chi connectivity index (χ4v) is 3.61. The van der Waals surface area contributed by atoms with Gasteiger partial charge in [0.2, 0.25) is 0 Å². The molecule has 2 aliphatic heterocycles. The molecule has 0 saturated carbocycles. The second-order valence-corrected chi connectivity index (χ2v) is 6.65. The number of piperazine rings is 1. The molecule has 0 aliphatic carbocycles. The first kappa shape index (κ1) is 17.0. The van der Waals surface area contributed by atoms with Gasteiger partial charge in [0.15, 0.2) is 0 Å². The summed E-state index contributed by atoms with van der Waals surface area (Å²) < 4.78 is 5.20. The predicted octanol–water partition coefficient (Wildman–Crippen LogP) is 2.35. The van der Waals surface area contributed by atoms with Crippen LogP contribution in [0.2, 0.25) is 0 Å². The van der Waals surface area contributed by atoms with E-state index in [1.165, 1.54) is 0 Å². The van der Waals surface area contributed by atoms with Gasteiger partial charge in [-0.2, -0.15) is 5.26 Å². The number of hydrogen-bond donors (Lipinski definition) is 1. The van der Waals surface area contributed by atoms with Crippen LogP contribution in [0.15, 0.2) is 60.4 Å². The van der Waals surface area contributed by atoms with Gasteiger partial charge in [-0.1, -0.05) is 24.3 Å². The van der Waals surface area contributed by atoms with E-state index in [0.29, 0.717) is 25.3 Å². The van der Waals surface area contributed by atoms with Crippen molar-refractivity contribution in [2.45, 2.75) is 12.6 Å². The van der Waals surface area contributed by atoms with E-state index in [9.17, 15) is 10.1 Å². The number of methoxy groups -OCH3 is 1. The minimum Gasteiger partial charge on any atom is -0.497 e. The van der Waals surface area contributed by atoms with E-state index >= 15 is 0 Å². The Morgan fingerprint density at radius 1 is 1.26 bits per heavy atom. The molecule has 136 valence electrons. The highest BCUT2D eigenvalue weighted by atomic mass is 16.5. The molecule has 0 spiro atoms. The molecular formula is C21H20N4O2. The van der Waals surface area contributed by atoms with Gasteiger partial charge >= 0.3 is 0 Å². The normalized spacial score (nSPS) is 18.4. The van der Waals surface area contributed by atoms with E-state index in [1.54, 1.807) is 19.2 Å². The van der Waals surface area contributed by atoms with E-state index in [1.807, 2.05) is 47.5 Å². The molecule has 1 amide bonds. The summed E-state index contributed by atoms with van der Waals surface area (Å²) in [5.41, 5.74) is 3.53. The molecule has 0 bridgehead atoms. The zero-order valence-electron chi connectivity index (χ0n) is 15.1. The largest absolute Gasteiger partial charge is 0.497 e. The lowest BCUT2D eigenvalue weighted by Gasteiger charge is -2.41. The maximum absolute atomic E-state index is 13.3. The van der Waals surface area contributed by atoms with E-state index in [0.717, 1.165) is 22.6 Å². The van der Waals surface area contributed by atoms with E-state index in [4.69, 9.17) is 4.74 Å². The van der Waals surface area contributed by atoms with Crippen LogP contribution in [-0.4, -0.2) is 36.0 Å². The monoisotopic (exact) mass is 360 g/mol. The fourth-order valence-electron chi connectivity index (χ4n) is 3.61. The Labute approximate surface area is 158 Å². The number of hydrogen-bond acceptors (Lipinski definition) is 5. The summed E-state index contributed by atoms with van der Waals surface area (Å²) in [4.78, 5) is 17.3. The molecule has 0 aromatic heterocycles. The molecular weight excluding hydrogens is 340 g/mol. The molecule has 0 radical (unpaired) electrons.